The molecule has 4 nitrogen and oxygen atoms in total. The van der Waals surface area contributed by atoms with Crippen molar-refractivity contribution in [3.05, 3.63) is 58.9 Å². The van der Waals surface area contributed by atoms with Gasteiger partial charge >= 0.3 is 0 Å². The van der Waals surface area contributed by atoms with Gasteiger partial charge < -0.3 is 4.98 Å². The van der Waals surface area contributed by atoms with Crippen LogP contribution in [-0.2, 0) is 5.75 Å². The summed E-state index contributed by atoms with van der Waals surface area (Å²) in [6.07, 6.45) is 0. The van der Waals surface area contributed by atoms with E-state index in [0.29, 0.717) is 5.02 Å². The fourth-order valence-electron chi connectivity index (χ4n) is 2.42. The molecule has 0 amide bonds. The summed E-state index contributed by atoms with van der Waals surface area (Å²) in [5.74, 6) is 0.719. The number of nitrogens with one attached hydrogen (secondary N) is 1. The summed E-state index contributed by atoms with van der Waals surface area (Å²) < 4.78 is 0. The largest absolute Gasteiger partial charge is 0.333 e. The molecule has 0 spiro atoms. The number of aryl methyl sites for hydroxylation is 1. The molecule has 0 unspecified atom stereocenters. The van der Waals surface area contributed by atoms with Crippen LogP contribution in [0.1, 0.15) is 11.4 Å². The highest BCUT2D eigenvalue weighted by molar-refractivity contribution is 7.98. The van der Waals surface area contributed by atoms with Crippen LogP contribution in [0.15, 0.2) is 47.6 Å². The first-order valence-corrected chi connectivity index (χ1v) is 8.56. The highest BCUT2D eigenvalue weighted by Crippen LogP contribution is 2.25. The Kier molecular flexibility index (Phi) is 3.67. The van der Waals surface area contributed by atoms with Crippen LogP contribution in [0.25, 0.3) is 22.1 Å². The molecule has 0 radical (unpaired) electrons. The van der Waals surface area contributed by atoms with Crippen molar-refractivity contribution in [2.45, 2.75) is 17.8 Å². The lowest BCUT2D eigenvalue weighted by Gasteiger charge is -2.05. The Morgan fingerprint density at radius 3 is 2.61 bits per heavy atom. The molecule has 2 heterocycles. The number of hydrogen-bond acceptors (Lipinski definition) is 4. The van der Waals surface area contributed by atoms with Gasteiger partial charge in [0.05, 0.1) is 33.5 Å². The first-order valence-electron chi connectivity index (χ1n) is 7.19. The summed E-state index contributed by atoms with van der Waals surface area (Å²) in [6.45, 7) is 1.99. The average molecular weight is 341 g/mol. The van der Waals surface area contributed by atoms with Gasteiger partial charge in [0.15, 0.2) is 5.16 Å². The Hall–Kier alpha value is -2.11. The summed E-state index contributed by atoms with van der Waals surface area (Å²) in [5, 5.41) is 1.56. The predicted molar refractivity (Wildman–Crippen MR) is 94.9 cm³/mol. The molecule has 0 aliphatic rings. The average Bonchev–Trinajstić information content (AvgIpc) is 2.94. The van der Waals surface area contributed by atoms with Crippen molar-refractivity contribution < 1.29 is 0 Å². The minimum atomic E-state index is 0.703. The fraction of sp³-hybridized carbons (Fsp3) is 0.118. The monoisotopic (exact) mass is 340 g/mol. The summed E-state index contributed by atoms with van der Waals surface area (Å²) in [4.78, 5) is 17.2. The summed E-state index contributed by atoms with van der Waals surface area (Å²) in [7, 11) is 0. The van der Waals surface area contributed by atoms with E-state index in [1.807, 2.05) is 49.4 Å². The Morgan fingerprint density at radius 1 is 1.00 bits per heavy atom. The maximum absolute atomic E-state index is 6.00. The van der Waals surface area contributed by atoms with Crippen LogP contribution in [0.2, 0.25) is 5.02 Å². The molecule has 0 aliphatic carbocycles. The van der Waals surface area contributed by atoms with Gasteiger partial charge in [0.1, 0.15) is 0 Å². The number of para-hydroxylation sites is 2. The van der Waals surface area contributed by atoms with Gasteiger partial charge in [0, 0.05) is 10.8 Å². The summed E-state index contributed by atoms with van der Waals surface area (Å²) in [6, 6.07) is 13.6. The van der Waals surface area contributed by atoms with Crippen molar-refractivity contribution >= 4 is 45.4 Å². The molecule has 0 saturated carbocycles. The number of H-pyrrole nitrogens is 1. The summed E-state index contributed by atoms with van der Waals surface area (Å²) in [5.41, 5.74) is 5.64. The molecule has 0 bridgehead atoms. The van der Waals surface area contributed by atoms with Crippen LogP contribution < -0.4 is 0 Å². The van der Waals surface area contributed by atoms with E-state index in [1.54, 1.807) is 11.8 Å². The van der Waals surface area contributed by atoms with Gasteiger partial charge in [-0.15, -0.1) is 0 Å². The Bertz CT molecular complexity index is 1010. The second-order valence-corrected chi connectivity index (χ2v) is 6.64. The lowest BCUT2D eigenvalue weighted by Crippen LogP contribution is -1.97. The molecule has 4 rings (SSSR count). The first-order chi connectivity index (χ1) is 11.2. The van der Waals surface area contributed by atoms with Crippen molar-refractivity contribution in [1.82, 2.24) is 19.9 Å². The molecule has 2 aromatic heterocycles. The number of halogens is 1. The molecule has 0 fully saturated rings. The number of fused-ring (bicyclic) bond motifs is 2. The number of aromatic amines is 1. The van der Waals surface area contributed by atoms with E-state index in [0.717, 1.165) is 44.4 Å². The molecule has 2 aromatic carbocycles. The third-order valence-electron chi connectivity index (χ3n) is 3.61. The van der Waals surface area contributed by atoms with Gasteiger partial charge in [-0.1, -0.05) is 35.5 Å². The Labute approximate surface area is 142 Å². The molecule has 0 aliphatic heterocycles. The van der Waals surface area contributed by atoms with E-state index < -0.39 is 0 Å². The van der Waals surface area contributed by atoms with Gasteiger partial charge in [-0.3, -0.25) is 0 Å². The molecule has 1 N–H and O–H groups in total. The zero-order chi connectivity index (χ0) is 15.8. The van der Waals surface area contributed by atoms with Crippen LogP contribution in [0.3, 0.4) is 0 Å². The molecule has 4 aromatic rings. The van der Waals surface area contributed by atoms with Crippen molar-refractivity contribution in [2.24, 2.45) is 0 Å². The maximum atomic E-state index is 6.00. The zero-order valence-electron chi connectivity index (χ0n) is 12.4. The molecular weight excluding hydrogens is 328 g/mol. The second kappa shape index (κ2) is 5.83. The minimum Gasteiger partial charge on any atom is -0.333 e. The summed E-state index contributed by atoms with van der Waals surface area (Å²) >= 11 is 7.62. The standard InChI is InChI=1S/C17H13ClN4S/c1-10-16(20-13-5-3-2-4-12(13)19-10)9-23-17-21-14-7-6-11(18)8-15(14)22-17/h2-8H,9H2,1H3,(H,21,22). The molecule has 23 heavy (non-hydrogen) atoms. The predicted octanol–water partition coefficient (Wildman–Crippen LogP) is 4.76. The van der Waals surface area contributed by atoms with E-state index in [4.69, 9.17) is 16.6 Å². The van der Waals surface area contributed by atoms with Crippen LogP contribution in [0.4, 0.5) is 0 Å². The van der Waals surface area contributed by atoms with Crippen LogP contribution in [0.5, 0.6) is 0 Å². The molecule has 0 atom stereocenters. The van der Waals surface area contributed by atoms with E-state index in [2.05, 4.69) is 15.0 Å². The SMILES string of the molecule is Cc1nc2ccccc2nc1CSc1nc2ccc(Cl)cc2[nH]1. The Morgan fingerprint density at radius 2 is 1.78 bits per heavy atom. The van der Waals surface area contributed by atoms with Gasteiger partial charge in [0.2, 0.25) is 0 Å². The number of aromatic nitrogens is 4. The maximum Gasteiger partial charge on any atom is 0.166 e. The topological polar surface area (TPSA) is 54.5 Å². The third kappa shape index (κ3) is 2.90. The third-order valence-corrected chi connectivity index (χ3v) is 4.73. The highest BCUT2D eigenvalue weighted by Gasteiger charge is 2.08. The number of nitrogens with zero attached hydrogens (tertiary/aromatic N) is 3. The van der Waals surface area contributed by atoms with Gasteiger partial charge in [0.25, 0.3) is 0 Å². The highest BCUT2D eigenvalue weighted by atomic mass is 35.5. The van der Waals surface area contributed by atoms with Crippen LogP contribution >= 0.6 is 23.4 Å². The van der Waals surface area contributed by atoms with Crippen molar-refractivity contribution in [1.29, 1.82) is 0 Å². The normalized spacial score (nSPS) is 11.4. The fourth-order valence-corrected chi connectivity index (χ4v) is 3.49. The van der Waals surface area contributed by atoms with Gasteiger partial charge in [-0.2, -0.15) is 0 Å². The number of imidazole rings is 1. The minimum absolute atomic E-state index is 0.703. The molecular formula is C17H13ClN4S. The van der Waals surface area contributed by atoms with Crippen LogP contribution in [-0.4, -0.2) is 19.9 Å². The number of benzene rings is 2. The zero-order valence-corrected chi connectivity index (χ0v) is 13.9. The lowest BCUT2D eigenvalue weighted by atomic mass is 10.2. The van der Waals surface area contributed by atoms with Crippen molar-refractivity contribution in [3.63, 3.8) is 0 Å². The van der Waals surface area contributed by atoms with Gasteiger partial charge in [-0.25, -0.2) is 15.0 Å². The van der Waals surface area contributed by atoms with Crippen molar-refractivity contribution in [3.8, 4) is 0 Å². The smallest absolute Gasteiger partial charge is 0.166 e. The van der Waals surface area contributed by atoms with Crippen molar-refractivity contribution in [2.75, 3.05) is 0 Å². The van der Waals surface area contributed by atoms with E-state index in [1.165, 1.54) is 0 Å². The van der Waals surface area contributed by atoms with E-state index in [9.17, 15) is 0 Å². The van der Waals surface area contributed by atoms with Gasteiger partial charge in [-0.05, 0) is 37.3 Å². The molecule has 114 valence electrons. The molecule has 6 heteroatoms. The molecule has 0 saturated heterocycles. The Balaban J connectivity index is 1.61. The number of thioether (sulfide) groups is 1. The quantitative estimate of drug-likeness (QED) is 0.546. The lowest BCUT2D eigenvalue weighted by molar-refractivity contribution is 1.05. The number of rotatable bonds is 3. The van der Waals surface area contributed by atoms with Crippen LogP contribution in [0, 0.1) is 6.92 Å². The van der Waals surface area contributed by atoms with E-state index >= 15 is 0 Å². The number of hydrogen-bond donors (Lipinski definition) is 1. The van der Waals surface area contributed by atoms with E-state index in [-0.39, 0.29) is 0 Å². The first kappa shape index (κ1) is 14.5. The second-order valence-electron chi connectivity index (χ2n) is 5.24.